The number of rotatable bonds is 5. The van der Waals surface area contributed by atoms with Crippen molar-refractivity contribution in [3.63, 3.8) is 0 Å². The van der Waals surface area contributed by atoms with Crippen LogP contribution in [0.5, 0.6) is 0 Å². The fourth-order valence-electron chi connectivity index (χ4n) is 1.98. The maximum Gasteiger partial charge on any atom is 0.343 e. The molecule has 1 aliphatic heterocycles. The maximum absolute atomic E-state index is 11.9. The van der Waals surface area contributed by atoms with E-state index in [9.17, 15) is 30.3 Å². The van der Waals surface area contributed by atoms with E-state index < -0.39 is 55.0 Å². The first-order valence-electron chi connectivity index (χ1n) is 6.61. The highest BCUT2D eigenvalue weighted by Gasteiger charge is 2.48. The molecule has 0 radical (unpaired) electrons. The van der Waals surface area contributed by atoms with E-state index in [2.05, 4.69) is 0 Å². The smallest absolute Gasteiger partial charge is 0.343 e. The molecule has 7 atom stereocenters. The van der Waals surface area contributed by atoms with Gasteiger partial charge in [-0.25, -0.2) is 4.79 Å². The lowest BCUT2D eigenvalue weighted by Gasteiger charge is -2.40. The minimum Gasteiger partial charge on any atom is -0.431 e. The van der Waals surface area contributed by atoms with Crippen LogP contribution in [0.1, 0.15) is 20.3 Å². The number of carbonyl (C=O) groups is 1. The second kappa shape index (κ2) is 6.97. The van der Waals surface area contributed by atoms with Crippen LogP contribution < -0.4 is 0 Å². The second-order valence-electron chi connectivity index (χ2n) is 5.06. The third-order valence-corrected chi connectivity index (χ3v) is 3.66. The van der Waals surface area contributed by atoms with E-state index in [1.54, 1.807) is 0 Å². The van der Waals surface area contributed by atoms with E-state index in [0.29, 0.717) is 0 Å². The Bertz CT molecular complexity index is 359. The summed E-state index contributed by atoms with van der Waals surface area (Å²) in [6, 6.07) is 0. The molecule has 0 bridgehead atoms. The molecule has 0 saturated carbocycles. The topological polar surface area (TPSA) is 157 Å². The maximum atomic E-state index is 11.9. The van der Waals surface area contributed by atoms with Gasteiger partial charge in [-0.15, -0.1) is 0 Å². The van der Waals surface area contributed by atoms with Crippen molar-refractivity contribution in [1.82, 2.24) is 0 Å². The molecule has 0 aromatic heterocycles. The third kappa shape index (κ3) is 3.51. The zero-order valence-electron chi connectivity index (χ0n) is 11.8. The van der Waals surface area contributed by atoms with E-state index in [4.69, 9.17) is 14.6 Å². The average Bonchev–Trinajstić information content (AvgIpc) is 2.46. The number of esters is 1. The van der Waals surface area contributed by atoms with Gasteiger partial charge in [0, 0.05) is 0 Å². The molecule has 0 spiro atoms. The van der Waals surface area contributed by atoms with Crippen molar-refractivity contribution in [3.8, 4) is 0 Å². The summed E-state index contributed by atoms with van der Waals surface area (Å²) in [5.74, 6) is -1.25. The van der Waals surface area contributed by atoms with Gasteiger partial charge in [0.05, 0.1) is 12.7 Å². The molecule has 1 rings (SSSR count). The highest BCUT2D eigenvalue weighted by molar-refractivity contribution is 5.80. The van der Waals surface area contributed by atoms with Gasteiger partial charge in [0.1, 0.15) is 24.4 Å². The standard InChI is InChI=1S/C12H22O9/c1-3-12(19,5(2)14)11(18)21-10-9(17)8(16)7(15)6(4-13)20-10/h5-10,13-17,19H,3-4H2,1-2H3/t5-,6-,7-,8+,9-,10+,12+/m1/s1. The van der Waals surface area contributed by atoms with Gasteiger partial charge in [-0.1, -0.05) is 6.92 Å². The molecule has 0 amide bonds. The Labute approximate surface area is 121 Å². The Kier molecular flexibility index (Phi) is 6.05. The van der Waals surface area contributed by atoms with Crippen molar-refractivity contribution >= 4 is 5.97 Å². The Hall–Kier alpha value is -0.810. The molecule has 6 N–H and O–H groups in total. The van der Waals surface area contributed by atoms with Gasteiger partial charge in [0.25, 0.3) is 0 Å². The summed E-state index contributed by atoms with van der Waals surface area (Å²) in [5.41, 5.74) is -2.20. The van der Waals surface area contributed by atoms with Gasteiger partial charge in [0.2, 0.25) is 6.29 Å². The van der Waals surface area contributed by atoms with Crippen molar-refractivity contribution in [1.29, 1.82) is 0 Å². The summed E-state index contributed by atoms with van der Waals surface area (Å²) in [4.78, 5) is 11.9. The fraction of sp³-hybridized carbons (Fsp3) is 0.917. The van der Waals surface area contributed by atoms with Crippen LogP contribution in [0.2, 0.25) is 0 Å². The summed E-state index contributed by atoms with van der Waals surface area (Å²) < 4.78 is 9.74. The Morgan fingerprint density at radius 1 is 1.29 bits per heavy atom. The first kappa shape index (κ1) is 18.2. The Balaban J connectivity index is 2.83. The number of aliphatic hydroxyl groups is 6. The highest BCUT2D eigenvalue weighted by atomic mass is 16.7. The molecule has 1 saturated heterocycles. The van der Waals surface area contributed by atoms with Crippen LogP contribution in [0.4, 0.5) is 0 Å². The summed E-state index contributed by atoms with van der Waals surface area (Å²) in [5, 5.41) is 57.3. The molecule has 0 aliphatic carbocycles. The van der Waals surface area contributed by atoms with Crippen molar-refractivity contribution < 1.29 is 44.9 Å². The van der Waals surface area contributed by atoms with Crippen molar-refractivity contribution in [2.24, 2.45) is 0 Å². The predicted molar refractivity (Wildman–Crippen MR) is 66.8 cm³/mol. The Morgan fingerprint density at radius 3 is 2.29 bits per heavy atom. The Morgan fingerprint density at radius 2 is 1.86 bits per heavy atom. The number of hydrogen-bond donors (Lipinski definition) is 6. The molecular weight excluding hydrogens is 288 g/mol. The first-order valence-corrected chi connectivity index (χ1v) is 6.61. The third-order valence-electron chi connectivity index (χ3n) is 3.66. The van der Waals surface area contributed by atoms with Gasteiger partial charge >= 0.3 is 5.97 Å². The molecular formula is C12H22O9. The zero-order valence-corrected chi connectivity index (χ0v) is 11.8. The van der Waals surface area contributed by atoms with Gasteiger partial charge in [-0.2, -0.15) is 0 Å². The summed E-state index contributed by atoms with van der Waals surface area (Å²) in [7, 11) is 0. The van der Waals surface area contributed by atoms with Crippen LogP contribution in [-0.4, -0.2) is 85.6 Å². The highest BCUT2D eigenvalue weighted by Crippen LogP contribution is 2.25. The lowest BCUT2D eigenvalue weighted by molar-refractivity contribution is -0.298. The lowest BCUT2D eigenvalue weighted by Crippen LogP contribution is -2.61. The molecule has 21 heavy (non-hydrogen) atoms. The molecule has 1 aliphatic rings. The van der Waals surface area contributed by atoms with E-state index in [0.717, 1.165) is 0 Å². The summed E-state index contributed by atoms with van der Waals surface area (Å²) >= 11 is 0. The van der Waals surface area contributed by atoms with E-state index in [-0.39, 0.29) is 6.42 Å². The van der Waals surface area contributed by atoms with E-state index >= 15 is 0 Å². The van der Waals surface area contributed by atoms with Crippen LogP contribution in [-0.2, 0) is 14.3 Å². The molecule has 0 unspecified atom stereocenters. The minimum atomic E-state index is -2.20. The lowest BCUT2D eigenvalue weighted by atomic mass is 9.94. The summed E-state index contributed by atoms with van der Waals surface area (Å²) in [6.07, 6.45) is -9.55. The normalized spacial score (nSPS) is 37.6. The van der Waals surface area contributed by atoms with Crippen molar-refractivity contribution in [2.75, 3.05) is 6.61 Å². The zero-order chi connectivity index (χ0) is 16.4. The van der Waals surface area contributed by atoms with E-state index in [1.165, 1.54) is 13.8 Å². The van der Waals surface area contributed by atoms with Crippen LogP contribution in [0.3, 0.4) is 0 Å². The second-order valence-corrected chi connectivity index (χ2v) is 5.06. The van der Waals surface area contributed by atoms with E-state index in [1.807, 2.05) is 0 Å². The minimum absolute atomic E-state index is 0.152. The monoisotopic (exact) mass is 310 g/mol. The largest absolute Gasteiger partial charge is 0.431 e. The van der Waals surface area contributed by atoms with Crippen molar-refractivity contribution in [3.05, 3.63) is 0 Å². The molecule has 9 heteroatoms. The molecule has 9 nitrogen and oxygen atoms in total. The quantitative estimate of drug-likeness (QED) is 0.288. The van der Waals surface area contributed by atoms with Crippen LogP contribution >= 0.6 is 0 Å². The number of carbonyl (C=O) groups excluding carboxylic acids is 1. The van der Waals surface area contributed by atoms with Gasteiger partial charge < -0.3 is 40.1 Å². The summed E-state index contributed by atoms with van der Waals surface area (Å²) in [6.45, 7) is 1.97. The van der Waals surface area contributed by atoms with Gasteiger partial charge in [-0.05, 0) is 13.3 Å². The number of aliphatic hydroxyl groups excluding tert-OH is 5. The molecule has 1 fully saturated rings. The molecule has 124 valence electrons. The van der Waals surface area contributed by atoms with Gasteiger partial charge in [0.15, 0.2) is 5.60 Å². The first-order chi connectivity index (χ1) is 9.68. The number of hydrogen-bond acceptors (Lipinski definition) is 9. The van der Waals surface area contributed by atoms with Crippen LogP contribution in [0.25, 0.3) is 0 Å². The molecule has 1 heterocycles. The molecule has 0 aromatic rings. The van der Waals surface area contributed by atoms with Crippen LogP contribution in [0, 0.1) is 0 Å². The predicted octanol–water partition coefficient (Wildman–Crippen LogP) is -3.15. The van der Waals surface area contributed by atoms with Crippen LogP contribution in [0.15, 0.2) is 0 Å². The SMILES string of the molecule is CC[C@@](O)(C(=O)O[C@@H]1O[C@H](CO)[C@@H](O)[C@H](O)[C@H]1O)[C@@H](C)O. The molecule has 0 aromatic carbocycles. The van der Waals surface area contributed by atoms with Crippen molar-refractivity contribution in [2.45, 2.75) is 62.7 Å². The fourth-order valence-corrected chi connectivity index (χ4v) is 1.98. The van der Waals surface area contributed by atoms with Gasteiger partial charge in [-0.3, -0.25) is 0 Å². The number of ether oxygens (including phenoxy) is 2. The average molecular weight is 310 g/mol.